The van der Waals surface area contributed by atoms with Gasteiger partial charge in [-0.15, -0.1) is 0 Å². The van der Waals surface area contributed by atoms with Gasteiger partial charge in [-0.25, -0.2) is 4.98 Å². The van der Waals surface area contributed by atoms with Crippen LogP contribution in [0.1, 0.15) is 24.3 Å². The van der Waals surface area contributed by atoms with Gasteiger partial charge in [0.05, 0.1) is 12.3 Å². The van der Waals surface area contributed by atoms with Gasteiger partial charge in [0.25, 0.3) is 0 Å². The molecular formula is C8H10N2O. The van der Waals surface area contributed by atoms with Crippen LogP contribution in [0.4, 0.5) is 0 Å². The Morgan fingerprint density at radius 3 is 3.27 bits per heavy atom. The summed E-state index contributed by atoms with van der Waals surface area (Å²) in [6.07, 6.45) is 2.67. The molecule has 2 heterocycles. The summed E-state index contributed by atoms with van der Waals surface area (Å²) in [4.78, 5) is 8.41. The Bertz CT molecular complexity index is 301. The third-order valence-electron chi connectivity index (χ3n) is 1.77. The number of aliphatic imine (C=N–C) groups is 1. The molecule has 3 nitrogen and oxygen atoms in total. The van der Waals surface area contributed by atoms with Gasteiger partial charge in [0.1, 0.15) is 11.5 Å². The fourth-order valence-electron chi connectivity index (χ4n) is 1.25. The summed E-state index contributed by atoms with van der Waals surface area (Å²) in [6, 6.07) is 0.342. The fourth-order valence-corrected chi connectivity index (χ4v) is 1.25. The van der Waals surface area contributed by atoms with E-state index in [0.29, 0.717) is 6.04 Å². The van der Waals surface area contributed by atoms with Crippen molar-refractivity contribution in [3.63, 3.8) is 0 Å². The van der Waals surface area contributed by atoms with Crippen molar-refractivity contribution in [3.8, 4) is 0 Å². The predicted octanol–water partition coefficient (Wildman–Crippen LogP) is 1.35. The van der Waals surface area contributed by atoms with Crippen LogP contribution >= 0.6 is 0 Å². The fraction of sp³-hybridized carbons (Fsp3) is 0.500. The van der Waals surface area contributed by atoms with Gasteiger partial charge in [-0.3, -0.25) is 4.99 Å². The second kappa shape index (κ2) is 2.19. The Labute approximate surface area is 65.2 Å². The topological polar surface area (TPSA) is 38.4 Å². The lowest BCUT2D eigenvalue weighted by molar-refractivity contribution is 0.460. The maximum absolute atomic E-state index is 5.37. The number of nitrogens with zero attached hydrogens (tertiary/aromatic N) is 2. The molecule has 1 unspecified atom stereocenters. The van der Waals surface area contributed by atoms with Crippen molar-refractivity contribution in [3.05, 3.63) is 17.3 Å². The molecule has 0 radical (unpaired) electrons. The summed E-state index contributed by atoms with van der Waals surface area (Å²) in [5.41, 5.74) is 0.903. The first kappa shape index (κ1) is 6.58. The summed E-state index contributed by atoms with van der Waals surface area (Å²) in [5.74, 6) is 1.71. The van der Waals surface area contributed by atoms with E-state index in [4.69, 9.17) is 4.42 Å². The zero-order valence-electron chi connectivity index (χ0n) is 6.66. The molecule has 1 aliphatic heterocycles. The van der Waals surface area contributed by atoms with E-state index < -0.39 is 0 Å². The van der Waals surface area contributed by atoms with Crippen molar-refractivity contribution in [2.75, 3.05) is 0 Å². The lowest BCUT2D eigenvalue weighted by atomic mass is 10.1. The molecule has 3 heteroatoms. The number of aromatic nitrogens is 1. The molecule has 1 aromatic rings. The molecule has 0 saturated heterocycles. The van der Waals surface area contributed by atoms with Crippen molar-refractivity contribution in [2.24, 2.45) is 4.99 Å². The van der Waals surface area contributed by atoms with Crippen molar-refractivity contribution in [1.82, 2.24) is 4.98 Å². The smallest absolute Gasteiger partial charge is 0.191 e. The quantitative estimate of drug-likeness (QED) is 0.559. The molecular weight excluding hydrogens is 140 g/mol. The molecule has 0 aromatic carbocycles. The molecule has 0 spiro atoms. The lowest BCUT2D eigenvalue weighted by Crippen LogP contribution is -2.09. The predicted molar refractivity (Wildman–Crippen MR) is 42.0 cm³/mol. The van der Waals surface area contributed by atoms with E-state index in [9.17, 15) is 0 Å². The molecule has 0 N–H and O–H groups in total. The first-order valence-corrected chi connectivity index (χ1v) is 3.75. The van der Waals surface area contributed by atoms with Crippen molar-refractivity contribution >= 4 is 6.21 Å². The van der Waals surface area contributed by atoms with Crippen LogP contribution < -0.4 is 0 Å². The summed E-state index contributed by atoms with van der Waals surface area (Å²) in [7, 11) is 0. The highest BCUT2D eigenvalue weighted by Gasteiger charge is 2.15. The van der Waals surface area contributed by atoms with Gasteiger partial charge in [0, 0.05) is 13.3 Å². The normalized spacial score (nSPS) is 21.8. The van der Waals surface area contributed by atoms with Gasteiger partial charge in [-0.05, 0) is 6.92 Å². The molecule has 0 saturated carbocycles. The zero-order chi connectivity index (χ0) is 7.84. The molecule has 11 heavy (non-hydrogen) atoms. The number of oxazole rings is 1. The van der Waals surface area contributed by atoms with E-state index >= 15 is 0 Å². The van der Waals surface area contributed by atoms with E-state index in [1.807, 2.05) is 6.92 Å². The Balaban J connectivity index is 2.44. The third kappa shape index (κ3) is 1.06. The monoisotopic (exact) mass is 150 g/mol. The van der Waals surface area contributed by atoms with Crippen LogP contribution in [0.3, 0.4) is 0 Å². The summed E-state index contributed by atoms with van der Waals surface area (Å²) >= 11 is 0. The molecule has 2 rings (SSSR count). The van der Waals surface area contributed by atoms with Gasteiger partial charge in [0.15, 0.2) is 5.89 Å². The van der Waals surface area contributed by atoms with Crippen LogP contribution in [0.25, 0.3) is 0 Å². The van der Waals surface area contributed by atoms with Gasteiger partial charge in [-0.2, -0.15) is 0 Å². The summed E-state index contributed by atoms with van der Waals surface area (Å²) < 4.78 is 5.37. The van der Waals surface area contributed by atoms with Crippen molar-refractivity contribution in [2.45, 2.75) is 26.3 Å². The molecule has 0 aliphatic carbocycles. The minimum Gasteiger partial charge on any atom is -0.445 e. The van der Waals surface area contributed by atoms with Crippen LogP contribution in [0.15, 0.2) is 9.41 Å². The number of hydrogen-bond acceptors (Lipinski definition) is 3. The van der Waals surface area contributed by atoms with E-state index in [1.54, 1.807) is 6.21 Å². The van der Waals surface area contributed by atoms with E-state index in [0.717, 1.165) is 23.8 Å². The van der Waals surface area contributed by atoms with Crippen LogP contribution in [-0.4, -0.2) is 17.2 Å². The Hall–Kier alpha value is -1.12. The van der Waals surface area contributed by atoms with Gasteiger partial charge >= 0.3 is 0 Å². The van der Waals surface area contributed by atoms with Gasteiger partial charge in [-0.1, -0.05) is 0 Å². The summed E-state index contributed by atoms with van der Waals surface area (Å²) in [5, 5.41) is 0. The Morgan fingerprint density at radius 1 is 1.64 bits per heavy atom. The zero-order valence-corrected chi connectivity index (χ0v) is 6.66. The molecule has 1 aliphatic rings. The van der Waals surface area contributed by atoms with Gasteiger partial charge < -0.3 is 4.42 Å². The first-order chi connectivity index (χ1) is 5.25. The highest BCUT2D eigenvalue weighted by atomic mass is 16.4. The Kier molecular flexibility index (Phi) is 1.31. The molecule has 0 bridgehead atoms. The molecule has 0 fully saturated rings. The average Bonchev–Trinajstić information content (AvgIpc) is 2.27. The van der Waals surface area contributed by atoms with Crippen LogP contribution in [0.5, 0.6) is 0 Å². The largest absolute Gasteiger partial charge is 0.445 e. The van der Waals surface area contributed by atoms with E-state index in [2.05, 4.69) is 16.9 Å². The third-order valence-corrected chi connectivity index (χ3v) is 1.77. The molecule has 1 aromatic heterocycles. The van der Waals surface area contributed by atoms with E-state index in [1.165, 1.54) is 0 Å². The first-order valence-electron chi connectivity index (χ1n) is 3.75. The molecule has 58 valence electrons. The van der Waals surface area contributed by atoms with Crippen molar-refractivity contribution in [1.29, 1.82) is 0 Å². The van der Waals surface area contributed by atoms with E-state index in [-0.39, 0.29) is 0 Å². The average molecular weight is 150 g/mol. The minimum absolute atomic E-state index is 0.342. The number of hydrogen-bond donors (Lipinski definition) is 0. The molecule has 0 amide bonds. The standard InChI is InChI=1S/C8H10N2O/c1-5-3-8-7(4-9-5)10-6(2)11-8/h4-5H,3H2,1-2H3. The van der Waals surface area contributed by atoms with Crippen LogP contribution in [0.2, 0.25) is 0 Å². The van der Waals surface area contributed by atoms with Gasteiger partial charge in [0.2, 0.25) is 0 Å². The van der Waals surface area contributed by atoms with Crippen molar-refractivity contribution < 1.29 is 4.42 Å². The highest BCUT2D eigenvalue weighted by Crippen LogP contribution is 2.16. The second-order valence-corrected chi connectivity index (χ2v) is 2.87. The van der Waals surface area contributed by atoms with Crippen LogP contribution in [0, 0.1) is 6.92 Å². The number of fused-ring (bicyclic) bond motifs is 1. The van der Waals surface area contributed by atoms with Crippen LogP contribution in [-0.2, 0) is 6.42 Å². The maximum atomic E-state index is 5.37. The Morgan fingerprint density at radius 2 is 2.45 bits per heavy atom. The highest BCUT2D eigenvalue weighted by molar-refractivity contribution is 5.79. The molecule has 1 atom stereocenters. The SMILES string of the molecule is Cc1nc2c(o1)CC(C)N=C2. The maximum Gasteiger partial charge on any atom is 0.191 e. The lowest BCUT2D eigenvalue weighted by Gasteiger charge is -2.07. The number of aryl methyl sites for hydroxylation is 1. The summed E-state index contributed by atoms with van der Waals surface area (Å²) in [6.45, 7) is 3.92. The second-order valence-electron chi connectivity index (χ2n) is 2.87. The number of rotatable bonds is 0. The minimum atomic E-state index is 0.342.